The van der Waals surface area contributed by atoms with E-state index in [4.69, 9.17) is 0 Å². The quantitative estimate of drug-likeness (QED) is 0.433. The van der Waals surface area contributed by atoms with E-state index in [-0.39, 0.29) is 22.6 Å². The largest absolute Gasteiger partial charge is 0.507 e. The minimum atomic E-state index is -0.762. The topological polar surface area (TPSA) is 94.0 Å². The summed E-state index contributed by atoms with van der Waals surface area (Å²) in [7, 11) is 3.88. The number of likely N-dealkylation sites (tertiary alicyclic amines) is 1. The number of amides is 1. The van der Waals surface area contributed by atoms with Crippen molar-refractivity contribution in [1.82, 2.24) is 14.8 Å². The number of carbonyl (C=O) groups excluding carboxylic acids is 2. The van der Waals surface area contributed by atoms with Crippen LogP contribution in [0.2, 0.25) is 0 Å². The average Bonchev–Trinajstić information content (AvgIpc) is 2.95. The molecule has 7 heteroatoms. The van der Waals surface area contributed by atoms with E-state index in [1.165, 1.54) is 11.0 Å². The number of ketones is 1. The number of phenolic OH excluding ortho intramolecular Hbond substituents is 1. The number of nitrogens with zero attached hydrogens (tertiary/aromatic N) is 3. The summed E-state index contributed by atoms with van der Waals surface area (Å²) < 4.78 is 0. The van der Waals surface area contributed by atoms with Crippen LogP contribution in [0.25, 0.3) is 5.76 Å². The molecule has 1 aliphatic rings. The first-order chi connectivity index (χ1) is 14.2. The monoisotopic (exact) mass is 409 g/mol. The minimum Gasteiger partial charge on any atom is -0.507 e. The zero-order valence-corrected chi connectivity index (χ0v) is 17.7. The molecule has 7 nitrogen and oxygen atoms in total. The average molecular weight is 409 g/mol. The van der Waals surface area contributed by atoms with Gasteiger partial charge in [-0.25, -0.2) is 0 Å². The third kappa shape index (κ3) is 4.07. The van der Waals surface area contributed by atoms with E-state index in [2.05, 4.69) is 4.98 Å². The van der Waals surface area contributed by atoms with Gasteiger partial charge in [0.25, 0.3) is 11.7 Å². The van der Waals surface area contributed by atoms with Crippen LogP contribution in [-0.4, -0.2) is 63.9 Å². The molecule has 1 aromatic heterocycles. The number of hydrogen-bond donors (Lipinski definition) is 2. The van der Waals surface area contributed by atoms with Crippen LogP contribution >= 0.6 is 0 Å². The zero-order valence-electron chi connectivity index (χ0n) is 17.7. The Kier molecular flexibility index (Phi) is 6.22. The highest BCUT2D eigenvalue weighted by atomic mass is 16.3. The molecule has 1 aromatic carbocycles. The Balaban J connectivity index is 2.13. The molecule has 1 unspecified atom stereocenters. The molecule has 2 aromatic rings. The number of pyridine rings is 1. The van der Waals surface area contributed by atoms with E-state index in [1.807, 2.05) is 32.8 Å². The van der Waals surface area contributed by atoms with Crippen molar-refractivity contribution < 1.29 is 19.8 Å². The predicted molar refractivity (Wildman–Crippen MR) is 114 cm³/mol. The summed E-state index contributed by atoms with van der Waals surface area (Å²) in [4.78, 5) is 33.4. The van der Waals surface area contributed by atoms with Crippen molar-refractivity contribution in [1.29, 1.82) is 0 Å². The first-order valence-corrected chi connectivity index (χ1v) is 9.86. The molecule has 3 rings (SSSR count). The number of aromatic hydroxyl groups is 1. The van der Waals surface area contributed by atoms with Crippen molar-refractivity contribution in [3.05, 3.63) is 64.5 Å². The molecule has 2 N–H and O–H groups in total. The Labute approximate surface area is 176 Å². The van der Waals surface area contributed by atoms with Gasteiger partial charge in [0.1, 0.15) is 11.5 Å². The highest BCUT2D eigenvalue weighted by molar-refractivity contribution is 6.46. The summed E-state index contributed by atoms with van der Waals surface area (Å²) in [6.07, 6.45) is 3.87. The standard InChI is InChI=1S/C23H27N3O4/c1-14-11-17(18(27)12-15(14)2)21(28)19-20(16-7-5-8-24-13-16)26(23(30)22(19)29)10-6-9-25(3)4/h5,7-8,11-13,20,27-28H,6,9-10H2,1-4H3. The fourth-order valence-electron chi connectivity index (χ4n) is 3.69. The summed E-state index contributed by atoms with van der Waals surface area (Å²) in [6.45, 7) is 4.81. The number of carbonyl (C=O) groups is 2. The Bertz CT molecular complexity index is 999. The third-order valence-corrected chi connectivity index (χ3v) is 5.41. The van der Waals surface area contributed by atoms with Crippen LogP contribution in [0.5, 0.6) is 5.75 Å². The van der Waals surface area contributed by atoms with Crippen molar-refractivity contribution >= 4 is 17.4 Å². The maximum Gasteiger partial charge on any atom is 0.295 e. The van der Waals surface area contributed by atoms with E-state index in [0.29, 0.717) is 18.5 Å². The maximum absolute atomic E-state index is 13.0. The van der Waals surface area contributed by atoms with E-state index >= 15 is 0 Å². The number of rotatable bonds is 6. The van der Waals surface area contributed by atoms with Gasteiger partial charge >= 0.3 is 0 Å². The van der Waals surface area contributed by atoms with Crippen LogP contribution in [0, 0.1) is 13.8 Å². The summed E-state index contributed by atoms with van der Waals surface area (Å²) in [5.74, 6) is -1.94. The number of phenols is 1. The summed E-state index contributed by atoms with van der Waals surface area (Å²) in [6, 6.07) is 5.90. The number of hydrogen-bond acceptors (Lipinski definition) is 6. The zero-order chi connectivity index (χ0) is 22.0. The second-order valence-electron chi connectivity index (χ2n) is 7.89. The summed E-state index contributed by atoms with van der Waals surface area (Å²) in [5.41, 5.74) is 2.45. The predicted octanol–water partition coefficient (Wildman–Crippen LogP) is 2.78. The second kappa shape index (κ2) is 8.67. The maximum atomic E-state index is 13.0. The van der Waals surface area contributed by atoms with Gasteiger partial charge < -0.3 is 20.0 Å². The smallest absolute Gasteiger partial charge is 0.295 e. The number of aliphatic hydroxyl groups excluding tert-OH is 1. The lowest BCUT2D eigenvalue weighted by molar-refractivity contribution is -0.139. The molecule has 2 heterocycles. The van der Waals surface area contributed by atoms with Crippen LogP contribution < -0.4 is 0 Å². The first-order valence-electron chi connectivity index (χ1n) is 9.86. The third-order valence-electron chi connectivity index (χ3n) is 5.41. The van der Waals surface area contributed by atoms with Crippen molar-refractivity contribution in [2.45, 2.75) is 26.3 Å². The molecule has 1 amide bonds. The first kappa shape index (κ1) is 21.5. The Morgan fingerprint density at radius 3 is 2.53 bits per heavy atom. The van der Waals surface area contributed by atoms with Gasteiger partial charge in [-0.2, -0.15) is 0 Å². The van der Waals surface area contributed by atoms with Crippen LogP contribution in [0.15, 0.2) is 42.2 Å². The van der Waals surface area contributed by atoms with Crippen LogP contribution in [0.1, 0.15) is 34.7 Å². The Morgan fingerprint density at radius 2 is 1.90 bits per heavy atom. The fourth-order valence-corrected chi connectivity index (χ4v) is 3.69. The van der Waals surface area contributed by atoms with E-state index in [0.717, 1.165) is 17.7 Å². The molecule has 1 fully saturated rings. The molecule has 0 radical (unpaired) electrons. The van der Waals surface area contributed by atoms with Crippen molar-refractivity contribution in [3.63, 3.8) is 0 Å². The number of aromatic nitrogens is 1. The molecule has 0 bridgehead atoms. The normalized spacial score (nSPS) is 18.4. The summed E-state index contributed by atoms with van der Waals surface area (Å²) in [5, 5.41) is 21.5. The highest BCUT2D eigenvalue weighted by Gasteiger charge is 2.46. The SMILES string of the molecule is Cc1cc(O)c(C(O)=C2C(=O)C(=O)N(CCCN(C)C)C2c2cccnc2)cc1C. The van der Waals surface area contributed by atoms with Gasteiger partial charge in [0.2, 0.25) is 0 Å². The molecular weight excluding hydrogens is 382 g/mol. The van der Waals surface area contributed by atoms with E-state index in [1.54, 1.807) is 30.6 Å². The van der Waals surface area contributed by atoms with Crippen LogP contribution in [0.4, 0.5) is 0 Å². The number of aliphatic hydroxyl groups is 1. The van der Waals surface area contributed by atoms with Gasteiger partial charge in [0.15, 0.2) is 0 Å². The van der Waals surface area contributed by atoms with E-state index in [9.17, 15) is 19.8 Å². The van der Waals surface area contributed by atoms with Gasteiger partial charge in [-0.15, -0.1) is 0 Å². The van der Waals surface area contributed by atoms with Crippen molar-refractivity contribution in [2.24, 2.45) is 0 Å². The Morgan fingerprint density at radius 1 is 1.20 bits per heavy atom. The lowest BCUT2D eigenvalue weighted by atomic mass is 9.94. The van der Waals surface area contributed by atoms with Gasteiger partial charge in [0.05, 0.1) is 17.2 Å². The van der Waals surface area contributed by atoms with Gasteiger partial charge in [-0.3, -0.25) is 14.6 Å². The molecule has 1 atom stereocenters. The number of benzene rings is 1. The van der Waals surface area contributed by atoms with Crippen molar-refractivity contribution in [3.8, 4) is 5.75 Å². The molecule has 0 saturated carbocycles. The minimum absolute atomic E-state index is 0.0311. The second-order valence-corrected chi connectivity index (χ2v) is 7.89. The number of Topliss-reactive ketones (excluding diaryl/α,β-unsaturated/α-hetero) is 1. The molecule has 1 saturated heterocycles. The molecule has 158 valence electrons. The van der Waals surface area contributed by atoms with Gasteiger partial charge in [-0.05, 0) is 75.8 Å². The van der Waals surface area contributed by atoms with Crippen LogP contribution in [0.3, 0.4) is 0 Å². The molecule has 0 spiro atoms. The fraction of sp³-hybridized carbons (Fsp3) is 0.348. The van der Waals surface area contributed by atoms with Gasteiger partial charge in [-0.1, -0.05) is 6.07 Å². The van der Waals surface area contributed by atoms with Gasteiger partial charge in [0, 0.05) is 18.9 Å². The van der Waals surface area contributed by atoms with E-state index < -0.39 is 17.7 Å². The Hall–Kier alpha value is -3.19. The molecule has 30 heavy (non-hydrogen) atoms. The van der Waals surface area contributed by atoms with Crippen molar-refractivity contribution in [2.75, 3.05) is 27.2 Å². The molecular formula is C23H27N3O4. The number of aryl methyl sites for hydroxylation is 2. The molecule has 1 aliphatic heterocycles. The summed E-state index contributed by atoms with van der Waals surface area (Å²) >= 11 is 0. The highest BCUT2D eigenvalue weighted by Crippen LogP contribution is 2.41. The van der Waals surface area contributed by atoms with Crippen LogP contribution in [-0.2, 0) is 9.59 Å². The molecule has 0 aliphatic carbocycles. The lowest BCUT2D eigenvalue weighted by Crippen LogP contribution is -2.32. The lowest BCUT2D eigenvalue weighted by Gasteiger charge is -2.25.